The third kappa shape index (κ3) is 6.42. The van der Waals surface area contributed by atoms with Crippen LogP contribution in [0.2, 0.25) is 0 Å². The number of hydrogen-bond donors (Lipinski definition) is 2. The van der Waals surface area contributed by atoms with Crippen LogP contribution in [0.15, 0.2) is 76.2 Å². The average Bonchev–Trinajstić information content (AvgIpc) is 3.30. The van der Waals surface area contributed by atoms with Gasteiger partial charge in [-0.05, 0) is 78.4 Å². The van der Waals surface area contributed by atoms with Crippen molar-refractivity contribution >= 4 is 57.3 Å². The molecular formula is C27H24IN3O5. The number of carbonyl (C=O) groups excluding carboxylic acids is 2. The molecule has 2 amide bonds. The number of benzene rings is 3. The number of fused-ring (bicyclic) bond motifs is 1. The van der Waals surface area contributed by atoms with Gasteiger partial charge in [0.1, 0.15) is 5.58 Å². The van der Waals surface area contributed by atoms with Gasteiger partial charge in [0, 0.05) is 11.1 Å². The van der Waals surface area contributed by atoms with Gasteiger partial charge in [-0.25, -0.2) is 5.43 Å². The summed E-state index contributed by atoms with van der Waals surface area (Å²) < 4.78 is 17.8. The number of rotatable bonds is 9. The Balaban J connectivity index is 1.40. The highest BCUT2D eigenvalue weighted by Gasteiger charge is 2.15. The second-order valence-corrected chi connectivity index (χ2v) is 8.98. The molecule has 0 saturated carbocycles. The Bertz CT molecular complexity index is 1380. The van der Waals surface area contributed by atoms with Crippen molar-refractivity contribution in [2.45, 2.75) is 13.8 Å². The third-order valence-electron chi connectivity index (χ3n) is 5.04. The lowest BCUT2D eigenvalue weighted by atomic mass is 10.2. The summed E-state index contributed by atoms with van der Waals surface area (Å²) in [5.41, 5.74) is 5.59. The van der Waals surface area contributed by atoms with Crippen LogP contribution in [0.25, 0.3) is 11.0 Å². The van der Waals surface area contributed by atoms with Crippen LogP contribution in [0, 0.1) is 10.5 Å². The summed E-state index contributed by atoms with van der Waals surface area (Å²) in [5.74, 6) is 0.362. The van der Waals surface area contributed by atoms with Crippen molar-refractivity contribution in [3.63, 3.8) is 0 Å². The van der Waals surface area contributed by atoms with E-state index in [9.17, 15) is 9.59 Å². The molecule has 184 valence electrons. The minimum Gasteiger partial charge on any atom is -0.490 e. The van der Waals surface area contributed by atoms with Gasteiger partial charge in [-0.1, -0.05) is 35.9 Å². The Morgan fingerprint density at radius 2 is 1.83 bits per heavy atom. The number of carbonyl (C=O) groups is 2. The lowest BCUT2D eigenvalue weighted by molar-refractivity contribution is -0.118. The molecule has 0 aliphatic rings. The fraction of sp³-hybridized carbons (Fsp3) is 0.148. The summed E-state index contributed by atoms with van der Waals surface area (Å²) in [4.78, 5) is 24.7. The summed E-state index contributed by atoms with van der Waals surface area (Å²) in [5, 5.41) is 7.68. The molecular weight excluding hydrogens is 573 g/mol. The number of amides is 2. The number of halogens is 1. The van der Waals surface area contributed by atoms with Gasteiger partial charge in [0.2, 0.25) is 0 Å². The van der Waals surface area contributed by atoms with E-state index in [0.717, 1.165) is 14.5 Å². The molecule has 0 radical (unpaired) electrons. The summed E-state index contributed by atoms with van der Waals surface area (Å²) in [6.07, 6.45) is 1.50. The highest BCUT2D eigenvalue weighted by atomic mass is 127. The minimum atomic E-state index is -0.457. The number of anilines is 1. The molecule has 0 atom stereocenters. The summed E-state index contributed by atoms with van der Waals surface area (Å²) in [6.45, 7) is 4.07. The first kappa shape index (κ1) is 25.2. The zero-order valence-corrected chi connectivity index (χ0v) is 21.9. The first-order valence-corrected chi connectivity index (χ1v) is 12.3. The first-order valence-electron chi connectivity index (χ1n) is 11.2. The molecule has 0 spiro atoms. The maximum Gasteiger partial charge on any atom is 0.307 e. The van der Waals surface area contributed by atoms with E-state index in [2.05, 4.69) is 38.4 Å². The van der Waals surface area contributed by atoms with Crippen molar-refractivity contribution < 1.29 is 23.5 Å². The van der Waals surface area contributed by atoms with Crippen LogP contribution in [0.4, 0.5) is 5.69 Å². The van der Waals surface area contributed by atoms with Gasteiger partial charge in [0.05, 0.1) is 16.4 Å². The molecule has 9 heteroatoms. The summed E-state index contributed by atoms with van der Waals surface area (Å²) >= 11 is 2.11. The van der Waals surface area contributed by atoms with Crippen molar-refractivity contribution in [1.29, 1.82) is 0 Å². The van der Waals surface area contributed by atoms with Gasteiger partial charge in [-0.15, -0.1) is 0 Å². The highest BCUT2D eigenvalue weighted by Crippen LogP contribution is 2.34. The van der Waals surface area contributed by atoms with E-state index in [-0.39, 0.29) is 18.3 Å². The van der Waals surface area contributed by atoms with Gasteiger partial charge in [0.15, 0.2) is 23.9 Å². The summed E-state index contributed by atoms with van der Waals surface area (Å²) in [7, 11) is 0. The normalized spacial score (nSPS) is 11.0. The van der Waals surface area contributed by atoms with Crippen LogP contribution in [0.3, 0.4) is 0 Å². The molecule has 0 aliphatic carbocycles. The quantitative estimate of drug-likeness (QED) is 0.150. The Hall–Kier alpha value is -3.86. The number of para-hydroxylation sites is 1. The monoisotopic (exact) mass is 597 g/mol. The minimum absolute atomic E-state index is 0.172. The number of nitrogens with one attached hydrogen (secondary N) is 2. The number of furan rings is 1. The standard InChI is InChI=1S/C27H24IN3O5/c1-3-34-23-13-18(15-29-31-27(33)24-14-19-6-4-5-7-22(19)36-24)12-21(28)26(23)35-16-25(32)30-20-10-8-17(2)9-11-20/h4-15H,3,16H2,1-2H3,(H,30,32)(H,31,33)/b29-15+. The zero-order chi connectivity index (χ0) is 25.5. The molecule has 1 aromatic heterocycles. The molecule has 0 saturated heterocycles. The molecule has 36 heavy (non-hydrogen) atoms. The Labute approximate surface area is 221 Å². The van der Waals surface area contributed by atoms with E-state index in [1.165, 1.54) is 6.21 Å². The highest BCUT2D eigenvalue weighted by molar-refractivity contribution is 14.1. The van der Waals surface area contributed by atoms with Crippen LogP contribution >= 0.6 is 22.6 Å². The molecule has 3 aromatic carbocycles. The van der Waals surface area contributed by atoms with E-state index in [1.54, 1.807) is 18.2 Å². The molecule has 4 rings (SSSR count). The van der Waals surface area contributed by atoms with Crippen LogP contribution in [-0.4, -0.2) is 31.2 Å². The van der Waals surface area contributed by atoms with Gasteiger partial charge in [-0.2, -0.15) is 5.10 Å². The van der Waals surface area contributed by atoms with Crippen LogP contribution in [-0.2, 0) is 4.79 Å². The third-order valence-corrected chi connectivity index (χ3v) is 5.84. The molecule has 1 heterocycles. The maximum absolute atomic E-state index is 12.4. The van der Waals surface area contributed by atoms with Crippen molar-refractivity contribution in [2.75, 3.05) is 18.5 Å². The topological polar surface area (TPSA) is 102 Å². The smallest absolute Gasteiger partial charge is 0.307 e. The molecule has 8 nitrogen and oxygen atoms in total. The van der Waals surface area contributed by atoms with E-state index in [1.807, 2.05) is 62.4 Å². The maximum atomic E-state index is 12.4. The van der Waals surface area contributed by atoms with E-state index in [0.29, 0.717) is 34.9 Å². The second kappa shape index (κ2) is 11.7. The van der Waals surface area contributed by atoms with Crippen molar-refractivity contribution in [2.24, 2.45) is 5.10 Å². The molecule has 2 N–H and O–H groups in total. The molecule has 0 bridgehead atoms. The number of nitrogens with zero attached hydrogens (tertiary/aromatic N) is 1. The van der Waals surface area contributed by atoms with Crippen LogP contribution in [0.5, 0.6) is 11.5 Å². The van der Waals surface area contributed by atoms with Gasteiger partial charge in [0.25, 0.3) is 5.91 Å². The predicted molar refractivity (Wildman–Crippen MR) is 147 cm³/mol. The predicted octanol–water partition coefficient (Wildman–Crippen LogP) is 5.53. The number of ether oxygens (including phenoxy) is 2. The SMILES string of the molecule is CCOc1cc(/C=N/NC(=O)c2cc3ccccc3o2)cc(I)c1OCC(=O)Nc1ccc(C)cc1. The van der Waals surface area contributed by atoms with Crippen molar-refractivity contribution in [1.82, 2.24) is 5.43 Å². The largest absolute Gasteiger partial charge is 0.490 e. The van der Waals surface area contributed by atoms with E-state index in [4.69, 9.17) is 13.9 Å². The van der Waals surface area contributed by atoms with Crippen molar-refractivity contribution in [3.05, 3.63) is 87.2 Å². The number of aryl methyl sites for hydroxylation is 1. The average molecular weight is 597 g/mol. The van der Waals surface area contributed by atoms with Crippen LogP contribution in [0.1, 0.15) is 28.6 Å². The lowest BCUT2D eigenvalue weighted by Crippen LogP contribution is -2.20. The molecule has 0 fully saturated rings. The Morgan fingerprint density at radius 3 is 2.58 bits per heavy atom. The van der Waals surface area contributed by atoms with Gasteiger partial charge >= 0.3 is 5.91 Å². The van der Waals surface area contributed by atoms with Crippen LogP contribution < -0.4 is 20.2 Å². The van der Waals surface area contributed by atoms with E-state index < -0.39 is 5.91 Å². The Kier molecular flexibility index (Phi) is 8.21. The number of hydrazone groups is 1. The molecule has 0 aliphatic heterocycles. The van der Waals surface area contributed by atoms with Crippen molar-refractivity contribution in [3.8, 4) is 11.5 Å². The fourth-order valence-electron chi connectivity index (χ4n) is 3.35. The van der Waals surface area contributed by atoms with E-state index >= 15 is 0 Å². The fourth-order valence-corrected chi connectivity index (χ4v) is 4.13. The van der Waals surface area contributed by atoms with Gasteiger partial charge < -0.3 is 19.2 Å². The second-order valence-electron chi connectivity index (χ2n) is 7.81. The molecule has 4 aromatic rings. The summed E-state index contributed by atoms with van der Waals surface area (Å²) in [6, 6.07) is 20.1. The lowest BCUT2D eigenvalue weighted by Gasteiger charge is -2.14. The zero-order valence-electron chi connectivity index (χ0n) is 19.7. The first-order chi connectivity index (χ1) is 17.4. The Morgan fingerprint density at radius 1 is 1.06 bits per heavy atom. The van der Waals surface area contributed by atoms with Gasteiger partial charge in [-0.3, -0.25) is 9.59 Å². The molecule has 0 unspecified atom stereocenters. The number of hydrogen-bond acceptors (Lipinski definition) is 6.